The van der Waals surface area contributed by atoms with Gasteiger partial charge in [-0.1, -0.05) is 12.1 Å². The van der Waals surface area contributed by atoms with Gasteiger partial charge in [0.25, 0.3) is 0 Å². The van der Waals surface area contributed by atoms with E-state index in [2.05, 4.69) is 10.3 Å². The first kappa shape index (κ1) is 15.1. The fourth-order valence-corrected chi connectivity index (χ4v) is 2.22. The van der Waals surface area contributed by atoms with Crippen molar-refractivity contribution in [2.75, 3.05) is 5.32 Å². The molecule has 1 aromatic carbocycles. The molecule has 2 aromatic heterocycles. The molecule has 3 aromatic rings. The van der Waals surface area contributed by atoms with Gasteiger partial charge in [-0.3, -0.25) is 4.79 Å². The first-order chi connectivity index (χ1) is 10.9. The summed E-state index contributed by atoms with van der Waals surface area (Å²) in [6.45, 7) is 0. The molecule has 0 saturated carbocycles. The number of benzene rings is 1. The highest BCUT2D eigenvalue weighted by molar-refractivity contribution is 5.92. The van der Waals surface area contributed by atoms with E-state index in [1.165, 1.54) is 12.1 Å². The monoisotopic (exact) mass is 319 g/mol. The number of anilines is 1. The van der Waals surface area contributed by atoms with E-state index in [0.717, 1.165) is 12.1 Å². The molecule has 118 valence electrons. The maximum atomic E-state index is 12.6. The van der Waals surface area contributed by atoms with Crippen molar-refractivity contribution in [1.82, 2.24) is 9.38 Å². The predicted molar refractivity (Wildman–Crippen MR) is 79.0 cm³/mol. The van der Waals surface area contributed by atoms with E-state index >= 15 is 0 Å². The number of nitrogens with one attached hydrogen (secondary N) is 1. The Bertz CT molecular complexity index is 822. The SMILES string of the molecule is O=C(Cc1cn2ccccc2n1)Nc1cccc(C(F)(F)F)c1. The van der Waals surface area contributed by atoms with Gasteiger partial charge in [0.1, 0.15) is 5.65 Å². The van der Waals surface area contributed by atoms with Crippen LogP contribution >= 0.6 is 0 Å². The Morgan fingerprint density at radius 3 is 2.74 bits per heavy atom. The molecule has 3 rings (SSSR count). The normalized spacial score (nSPS) is 11.6. The van der Waals surface area contributed by atoms with E-state index in [4.69, 9.17) is 0 Å². The number of imidazole rings is 1. The topological polar surface area (TPSA) is 46.4 Å². The number of amides is 1. The van der Waals surface area contributed by atoms with Crippen LogP contribution in [0.5, 0.6) is 0 Å². The molecule has 4 nitrogen and oxygen atoms in total. The van der Waals surface area contributed by atoms with Crippen molar-refractivity contribution in [2.45, 2.75) is 12.6 Å². The molecule has 0 atom stereocenters. The van der Waals surface area contributed by atoms with Crippen LogP contribution in [0.3, 0.4) is 0 Å². The molecule has 0 aliphatic carbocycles. The van der Waals surface area contributed by atoms with Gasteiger partial charge in [-0.05, 0) is 30.3 Å². The number of fused-ring (bicyclic) bond motifs is 1. The van der Waals surface area contributed by atoms with Crippen molar-refractivity contribution >= 4 is 17.2 Å². The van der Waals surface area contributed by atoms with Gasteiger partial charge in [-0.15, -0.1) is 0 Å². The summed E-state index contributed by atoms with van der Waals surface area (Å²) in [6.07, 6.45) is -0.947. The van der Waals surface area contributed by atoms with Crippen molar-refractivity contribution < 1.29 is 18.0 Å². The number of carbonyl (C=O) groups excluding carboxylic acids is 1. The van der Waals surface area contributed by atoms with Crippen LogP contribution in [-0.4, -0.2) is 15.3 Å². The third kappa shape index (κ3) is 3.50. The number of hydrogen-bond donors (Lipinski definition) is 1. The lowest BCUT2D eigenvalue weighted by molar-refractivity contribution is -0.137. The van der Waals surface area contributed by atoms with Crippen LogP contribution < -0.4 is 5.32 Å². The van der Waals surface area contributed by atoms with Gasteiger partial charge in [0, 0.05) is 18.1 Å². The molecule has 0 fully saturated rings. The standard InChI is InChI=1S/C16H12F3N3O/c17-16(18,19)11-4-3-5-12(8-11)21-15(23)9-13-10-22-7-2-1-6-14(22)20-13/h1-8,10H,9H2,(H,21,23). The highest BCUT2D eigenvalue weighted by atomic mass is 19.4. The van der Waals surface area contributed by atoms with Crippen molar-refractivity contribution in [3.8, 4) is 0 Å². The Balaban J connectivity index is 1.72. The van der Waals surface area contributed by atoms with Crippen LogP contribution in [0.15, 0.2) is 54.9 Å². The number of aromatic nitrogens is 2. The summed E-state index contributed by atoms with van der Waals surface area (Å²) in [5, 5.41) is 2.46. The van der Waals surface area contributed by atoms with Crippen molar-refractivity contribution in [2.24, 2.45) is 0 Å². The zero-order valence-corrected chi connectivity index (χ0v) is 11.8. The van der Waals surface area contributed by atoms with Crippen LogP contribution in [-0.2, 0) is 17.4 Å². The first-order valence-electron chi connectivity index (χ1n) is 6.81. The Morgan fingerprint density at radius 2 is 2.00 bits per heavy atom. The number of carbonyl (C=O) groups is 1. The highest BCUT2D eigenvalue weighted by Crippen LogP contribution is 2.30. The van der Waals surface area contributed by atoms with Crippen molar-refractivity contribution in [3.63, 3.8) is 0 Å². The summed E-state index contributed by atoms with van der Waals surface area (Å²) in [7, 11) is 0. The van der Waals surface area contributed by atoms with E-state index in [-0.39, 0.29) is 12.1 Å². The minimum atomic E-state index is -4.44. The smallest absolute Gasteiger partial charge is 0.326 e. The maximum Gasteiger partial charge on any atom is 0.416 e. The summed E-state index contributed by atoms with van der Waals surface area (Å²) in [4.78, 5) is 16.3. The maximum absolute atomic E-state index is 12.6. The lowest BCUT2D eigenvalue weighted by atomic mass is 10.2. The summed E-state index contributed by atoms with van der Waals surface area (Å²) in [6, 6.07) is 9.99. The first-order valence-corrected chi connectivity index (χ1v) is 6.81. The van der Waals surface area contributed by atoms with Gasteiger partial charge in [0.2, 0.25) is 5.91 Å². The lowest BCUT2D eigenvalue weighted by Gasteiger charge is -2.09. The average molecular weight is 319 g/mol. The Labute approximate surface area is 129 Å². The highest BCUT2D eigenvalue weighted by Gasteiger charge is 2.30. The minimum Gasteiger partial charge on any atom is -0.326 e. The third-order valence-corrected chi connectivity index (χ3v) is 3.23. The largest absolute Gasteiger partial charge is 0.416 e. The number of nitrogens with zero attached hydrogens (tertiary/aromatic N) is 2. The van der Waals surface area contributed by atoms with Crippen molar-refractivity contribution in [1.29, 1.82) is 0 Å². The van der Waals surface area contributed by atoms with Gasteiger partial charge in [-0.25, -0.2) is 4.98 Å². The Morgan fingerprint density at radius 1 is 1.17 bits per heavy atom. The second-order valence-electron chi connectivity index (χ2n) is 5.00. The zero-order valence-electron chi connectivity index (χ0n) is 11.8. The predicted octanol–water partition coefficient (Wildman–Crippen LogP) is 3.53. The third-order valence-electron chi connectivity index (χ3n) is 3.23. The molecule has 2 heterocycles. The van der Waals surface area contributed by atoms with E-state index in [1.807, 2.05) is 12.1 Å². The zero-order chi connectivity index (χ0) is 16.4. The van der Waals surface area contributed by atoms with Gasteiger partial charge >= 0.3 is 6.18 Å². The van der Waals surface area contributed by atoms with Crippen LogP contribution in [0, 0.1) is 0 Å². The number of hydrogen-bond acceptors (Lipinski definition) is 2. The number of halogens is 3. The van der Waals surface area contributed by atoms with Gasteiger partial charge in [0.05, 0.1) is 17.7 Å². The molecule has 0 saturated heterocycles. The minimum absolute atomic E-state index is 0.0159. The fourth-order valence-electron chi connectivity index (χ4n) is 2.22. The van der Waals surface area contributed by atoms with E-state index in [1.54, 1.807) is 22.9 Å². The molecule has 0 bridgehead atoms. The molecule has 0 aliphatic heterocycles. The van der Waals surface area contributed by atoms with Crippen LogP contribution in [0.25, 0.3) is 5.65 Å². The van der Waals surface area contributed by atoms with Crippen LogP contribution in [0.4, 0.5) is 18.9 Å². The molecular formula is C16H12F3N3O. The van der Waals surface area contributed by atoms with E-state index < -0.39 is 17.6 Å². The second kappa shape index (κ2) is 5.75. The Kier molecular flexibility index (Phi) is 3.77. The number of alkyl halides is 3. The van der Waals surface area contributed by atoms with Gasteiger partial charge in [0.15, 0.2) is 0 Å². The van der Waals surface area contributed by atoms with Gasteiger partial charge in [-0.2, -0.15) is 13.2 Å². The fraction of sp³-hybridized carbons (Fsp3) is 0.125. The summed E-state index contributed by atoms with van der Waals surface area (Å²) in [5.74, 6) is -0.423. The van der Waals surface area contributed by atoms with Gasteiger partial charge < -0.3 is 9.72 Å². The molecule has 7 heteroatoms. The van der Waals surface area contributed by atoms with E-state index in [9.17, 15) is 18.0 Å². The lowest BCUT2D eigenvalue weighted by Crippen LogP contribution is -2.15. The average Bonchev–Trinajstić information content (AvgIpc) is 2.88. The quantitative estimate of drug-likeness (QED) is 0.803. The molecule has 0 unspecified atom stereocenters. The molecular weight excluding hydrogens is 307 g/mol. The van der Waals surface area contributed by atoms with E-state index in [0.29, 0.717) is 11.3 Å². The molecule has 1 N–H and O–H groups in total. The van der Waals surface area contributed by atoms with Crippen LogP contribution in [0.1, 0.15) is 11.3 Å². The number of pyridine rings is 1. The molecule has 0 radical (unpaired) electrons. The second-order valence-corrected chi connectivity index (χ2v) is 5.00. The van der Waals surface area contributed by atoms with Crippen molar-refractivity contribution in [3.05, 3.63) is 66.1 Å². The molecule has 1 amide bonds. The number of rotatable bonds is 3. The summed E-state index contributed by atoms with van der Waals surface area (Å²) < 4.78 is 39.7. The molecule has 23 heavy (non-hydrogen) atoms. The molecule has 0 aliphatic rings. The van der Waals surface area contributed by atoms with Crippen LogP contribution in [0.2, 0.25) is 0 Å². The Hall–Kier alpha value is -2.83. The summed E-state index contributed by atoms with van der Waals surface area (Å²) in [5.41, 5.74) is 0.548. The summed E-state index contributed by atoms with van der Waals surface area (Å²) >= 11 is 0. The molecule has 0 spiro atoms.